The van der Waals surface area contributed by atoms with Gasteiger partial charge in [0.05, 0.1) is 15.0 Å². The molecule has 0 aliphatic rings. The minimum atomic E-state index is 0.0760. The molecule has 0 saturated carbocycles. The monoisotopic (exact) mass is 276 g/mol. The third kappa shape index (κ3) is 3.01. The summed E-state index contributed by atoms with van der Waals surface area (Å²) >= 11 is 9.74. The van der Waals surface area contributed by atoms with E-state index in [0.29, 0.717) is 15.0 Å². The third-order valence-corrected chi connectivity index (χ3v) is 4.59. The number of halogens is 1. The number of thiophene rings is 1. The van der Waals surface area contributed by atoms with Crippen molar-refractivity contribution in [2.75, 3.05) is 5.75 Å². The van der Waals surface area contributed by atoms with E-state index in [9.17, 15) is 4.79 Å². The van der Waals surface area contributed by atoms with E-state index in [0.717, 1.165) is 4.34 Å². The van der Waals surface area contributed by atoms with Crippen molar-refractivity contribution >= 4 is 52.0 Å². The number of rotatable bonds is 4. The van der Waals surface area contributed by atoms with Crippen molar-refractivity contribution in [1.29, 1.82) is 0 Å². The van der Waals surface area contributed by atoms with Crippen LogP contribution in [0.3, 0.4) is 0 Å². The van der Waals surface area contributed by atoms with Crippen LogP contribution >= 0.6 is 46.2 Å². The topological polar surface area (TPSA) is 42.9 Å². The number of carbonyl (C=O) groups is 1. The molecule has 7 heteroatoms. The highest BCUT2D eigenvalue weighted by atomic mass is 35.5. The van der Waals surface area contributed by atoms with Crippen molar-refractivity contribution in [3.63, 3.8) is 0 Å². The van der Waals surface area contributed by atoms with Gasteiger partial charge in [-0.05, 0) is 23.7 Å². The lowest BCUT2D eigenvalue weighted by Gasteiger charge is -1.93. The molecule has 0 unspecified atom stereocenters. The molecule has 78 valence electrons. The second kappa shape index (κ2) is 5.07. The fraction of sp³-hybridized carbons (Fsp3) is 0.125. The Kier molecular flexibility index (Phi) is 3.74. The average molecular weight is 277 g/mol. The van der Waals surface area contributed by atoms with Gasteiger partial charge in [0.15, 0.2) is 10.1 Å². The highest BCUT2D eigenvalue weighted by Crippen LogP contribution is 2.25. The number of ketones is 1. The molecule has 3 nitrogen and oxygen atoms in total. The van der Waals surface area contributed by atoms with Gasteiger partial charge in [-0.2, -0.15) is 4.37 Å². The molecule has 2 aromatic heterocycles. The molecule has 2 aromatic rings. The molecule has 0 aliphatic heterocycles. The molecule has 0 bridgehead atoms. The van der Waals surface area contributed by atoms with Crippen molar-refractivity contribution in [3.8, 4) is 0 Å². The quantitative estimate of drug-likeness (QED) is 0.635. The van der Waals surface area contributed by atoms with Crippen LogP contribution in [-0.2, 0) is 0 Å². The Bertz CT molecular complexity index is 454. The minimum absolute atomic E-state index is 0.0760. The average Bonchev–Trinajstić information content (AvgIpc) is 2.84. The number of thioether (sulfide) groups is 1. The fourth-order valence-corrected chi connectivity index (χ4v) is 3.29. The first-order valence-electron chi connectivity index (χ1n) is 3.94. The van der Waals surface area contributed by atoms with Gasteiger partial charge >= 0.3 is 0 Å². The lowest BCUT2D eigenvalue weighted by molar-refractivity contribution is 0.102. The van der Waals surface area contributed by atoms with Crippen LogP contribution in [0.25, 0.3) is 0 Å². The number of Topliss-reactive ketones (excluding diaryl/α,β-unsaturated/α-hetero) is 1. The molecule has 0 radical (unpaired) electrons. The molecular formula is C8H5ClN2OS3. The van der Waals surface area contributed by atoms with Crippen molar-refractivity contribution in [1.82, 2.24) is 9.36 Å². The molecule has 0 aromatic carbocycles. The van der Waals surface area contributed by atoms with Crippen molar-refractivity contribution < 1.29 is 4.79 Å². The summed E-state index contributed by atoms with van der Waals surface area (Å²) in [5, 5.41) is 0. The van der Waals surface area contributed by atoms with Gasteiger partial charge in [0, 0.05) is 0 Å². The number of hydrogen-bond acceptors (Lipinski definition) is 6. The molecule has 2 rings (SSSR count). The third-order valence-electron chi connectivity index (χ3n) is 1.52. The molecule has 2 heterocycles. The van der Waals surface area contributed by atoms with E-state index < -0.39 is 0 Å². The highest BCUT2D eigenvalue weighted by Gasteiger charge is 2.10. The Balaban J connectivity index is 1.93. The van der Waals surface area contributed by atoms with Gasteiger partial charge in [0.1, 0.15) is 6.33 Å². The Hall–Kier alpha value is -0.430. The molecule has 0 saturated heterocycles. The van der Waals surface area contributed by atoms with E-state index in [1.54, 1.807) is 12.1 Å². The van der Waals surface area contributed by atoms with Crippen LogP contribution in [-0.4, -0.2) is 20.9 Å². The molecule has 0 atom stereocenters. The Morgan fingerprint density at radius 1 is 1.53 bits per heavy atom. The predicted molar refractivity (Wildman–Crippen MR) is 64.3 cm³/mol. The second-order valence-electron chi connectivity index (χ2n) is 2.52. The van der Waals surface area contributed by atoms with Gasteiger partial charge in [-0.3, -0.25) is 4.79 Å². The molecular weight excluding hydrogens is 272 g/mol. The molecule has 0 aliphatic carbocycles. The van der Waals surface area contributed by atoms with Crippen molar-refractivity contribution in [2.45, 2.75) is 4.34 Å². The van der Waals surface area contributed by atoms with Gasteiger partial charge in [-0.15, -0.1) is 11.3 Å². The normalized spacial score (nSPS) is 10.5. The van der Waals surface area contributed by atoms with E-state index in [-0.39, 0.29) is 5.78 Å². The standard InChI is InChI=1S/C8H5ClN2OS3/c9-7-2-1-6(14-7)5(12)3-13-8-10-4-11-15-8/h1-2,4H,3H2. The van der Waals surface area contributed by atoms with Crippen LogP contribution in [0.4, 0.5) is 0 Å². The summed E-state index contributed by atoms with van der Waals surface area (Å²) in [6, 6.07) is 3.48. The van der Waals surface area contributed by atoms with Crippen LogP contribution in [0.5, 0.6) is 0 Å². The summed E-state index contributed by atoms with van der Waals surface area (Å²) in [5.74, 6) is 0.457. The van der Waals surface area contributed by atoms with Crippen LogP contribution in [0, 0.1) is 0 Å². The van der Waals surface area contributed by atoms with Gasteiger partial charge in [-0.25, -0.2) is 4.98 Å². The van der Waals surface area contributed by atoms with Crippen LogP contribution < -0.4 is 0 Å². The van der Waals surface area contributed by atoms with E-state index in [2.05, 4.69) is 9.36 Å². The first kappa shape index (κ1) is 11.1. The number of carbonyl (C=O) groups excluding carboxylic acids is 1. The fourth-order valence-electron chi connectivity index (χ4n) is 0.889. The van der Waals surface area contributed by atoms with E-state index in [1.165, 1.54) is 41.0 Å². The first-order chi connectivity index (χ1) is 7.25. The minimum Gasteiger partial charge on any atom is -0.292 e. The number of hydrogen-bond donors (Lipinski definition) is 0. The van der Waals surface area contributed by atoms with Crippen LogP contribution in [0.1, 0.15) is 9.67 Å². The smallest absolute Gasteiger partial charge is 0.183 e. The maximum Gasteiger partial charge on any atom is 0.183 e. The van der Waals surface area contributed by atoms with Gasteiger partial charge in [-0.1, -0.05) is 23.4 Å². The zero-order valence-electron chi connectivity index (χ0n) is 7.34. The second-order valence-corrected chi connectivity index (χ2v) is 6.24. The zero-order chi connectivity index (χ0) is 10.7. The Morgan fingerprint density at radius 3 is 3.00 bits per heavy atom. The maximum atomic E-state index is 11.6. The van der Waals surface area contributed by atoms with E-state index in [4.69, 9.17) is 11.6 Å². The number of nitrogens with zero attached hydrogens (tertiary/aromatic N) is 2. The van der Waals surface area contributed by atoms with Gasteiger partial charge < -0.3 is 0 Å². The summed E-state index contributed by atoms with van der Waals surface area (Å²) in [4.78, 5) is 16.3. The van der Waals surface area contributed by atoms with Crippen molar-refractivity contribution in [3.05, 3.63) is 27.7 Å². The molecule has 0 fully saturated rings. The molecule has 0 amide bonds. The van der Waals surface area contributed by atoms with E-state index >= 15 is 0 Å². The largest absolute Gasteiger partial charge is 0.292 e. The lowest BCUT2D eigenvalue weighted by Crippen LogP contribution is -1.98. The summed E-state index contributed by atoms with van der Waals surface area (Å²) in [7, 11) is 0. The summed E-state index contributed by atoms with van der Waals surface area (Å²) in [6.07, 6.45) is 1.49. The molecule has 0 N–H and O–H groups in total. The summed E-state index contributed by atoms with van der Waals surface area (Å²) in [5.41, 5.74) is 0. The van der Waals surface area contributed by atoms with E-state index in [1.807, 2.05) is 0 Å². The lowest BCUT2D eigenvalue weighted by atomic mass is 10.4. The van der Waals surface area contributed by atoms with Gasteiger partial charge in [0.25, 0.3) is 0 Å². The van der Waals surface area contributed by atoms with Crippen LogP contribution in [0.15, 0.2) is 22.8 Å². The maximum absolute atomic E-state index is 11.6. The number of aromatic nitrogens is 2. The van der Waals surface area contributed by atoms with Gasteiger partial charge in [0.2, 0.25) is 0 Å². The predicted octanol–water partition coefficient (Wildman–Crippen LogP) is 3.23. The summed E-state index contributed by atoms with van der Waals surface area (Å²) < 4.78 is 5.31. The Labute approximate surface area is 104 Å². The Morgan fingerprint density at radius 2 is 2.40 bits per heavy atom. The highest BCUT2D eigenvalue weighted by molar-refractivity contribution is 8.01. The first-order valence-corrected chi connectivity index (χ1v) is 6.89. The summed E-state index contributed by atoms with van der Waals surface area (Å²) in [6.45, 7) is 0. The zero-order valence-corrected chi connectivity index (χ0v) is 10.5. The molecule has 15 heavy (non-hydrogen) atoms. The van der Waals surface area contributed by atoms with Crippen molar-refractivity contribution in [2.24, 2.45) is 0 Å². The van der Waals surface area contributed by atoms with Crippen LogP contribution in [0.2, 0.25) is 4.34 Å². The molecule has 0 spiro atoms. The SMILES string of the molecule is O=C(CSc1ncns1)c1ccc(Cl)s1.